The first-order valence-corrected chi connectivity index (χ1v) is 11.7. The summed E-state index contributed by atoms with van der Waals surface area (Å²) >= 11 is 12.3. The second kappa shape index (κ2) is 10.8. The smallest absolute Gasteiger partial charge is 0.341 e. The molecule has 3 heterocycles. The Kier molecular flexibility index (Phi) is 7.56. The molecule has 1 N–H and O–H groups in total. The highest BCUT2D eigenvalue weighted by atomic mass is 35.5. The molecule has 0 amide bonds. The third-order valence-corrected chi connectivity index (χ3v) is 5.81. The summed E-state index contributed by atoms with van der Waals surface area (Å²) in [5.41, 5.74) is 0.734. The number of carbonyl (C=O) groups is 1. The molecule has 1 aliphatic heterocycles. The zero-order valence-electron chi connectivity index (χ0n) is 19.0. The molecule has 0 saturated carbocycles. The lowest BCUT2D eigenvalue weighted by Crippen LogP contribution is -2.25. The van der Waals surface area contributed by atoms with Crippen LogP contribution in [-0.4, -0.2) is 45.2 Å². The number of nitro groups is 1. The van der Waals surface area contributed by atoms with E-state index in [2.05, 4.69) is 25.3 Å². The topological polar surface area (TPSA) is 132 Å². The van der Waals surface area contributed by atoms with Crippen LogP contribution in [0.25, 0.3) is 11.3 Å². The van der Waals surface area contributed by atoms with E-state index in [9.17, 15) is 14.9 Å². The largest absolute Gasteiger partial charge is 0.462 e. The number of ether oxygens (including phenoxy) is 1. The van der Waals surface area contributed by atoms with Crippen molar-refractivity contribution in [1.82, 2.24) is 15.0 Å². The van der Waals surface area contributed by atoms with Gasteiger partial charge in [0.1, 0.15) is 17.3 Å². The molecule has 36 heavy (non-hydrogen) atoms. The number of carbonyl (C=O) groups excluding carboxylic acids is 1. The fourth-order valence-corrected chi connectivity index (χ4v) is 4.23. The van der Waals surface area contributed by atoms with Crippen LogP contribution < -0.4 is 5.32 Å². The van der Waals surface area contributed by atoms with Crippen LogP contribution in [0.2, 0.25) is 10.0 Å². The average molecular weight is 527 g/mol. The normalized spacial score (nSPS) is 16.2. The fourth-order valence-electron chi connectivity index (χ4n) is 3.70. The predicted octanol–water partition coefficient (Wildman–Crippen LogP) is 5.27. The molecule has 0 fully saturated rings. The van der Waals surface area contributed by atoms with Crippen molar-refractivity contribution >= 4 is 47.0 Å². The number of allylic oxidation sites excluding steroid dienone is 1. The number of pyridine rings is 1. The molecule has 10 nitrogen and oxygen atoms in total. The summed E-state index contributed by atoms with van der Waals surface area (Å²) in [5, 5.41) is 14.9. The number of nitrogens with zero attached hydrogens (tertiary/aromatic N) is 5. The lowest BCUT2D eigenvalue weighted by atomic mass is 9.92. The fraction of sp³-hybridized carbons (Fsp3) is 0.208. The van der Waals surface area contributed by atoms with E-state index in [0.717, 1.165) is 0 Å². The SMILES string of the molecule is CCOC(=O)c1cnc(NCCC2(c3ccc([N+](=O)[O-])cn3)C=CC=N2)nc1-c1cc(Cl)cc(Cl)c1. The van der Waals surface area contributed by atoms with Crippen LogP contribution in [-0.2, 0) is 10.3 Å². The second-order valence-corrected chi connectivity index (χ2v) is 8.60. The van der Waals surface area contributed by atoms with Crippen LogP contribution in [0.1, 0.15) is 29.4 Å². The number of rotatable bonds is 9. The van der Waals surface area contributed by atoms with E-state index in [1.807, 2.05) is 6.08 Å². The molecule has 184 valence electrons. The molecule has 12 heteroatoms. The van der Waals surface area contributed by atoms with Gasteiger partial charge in [0.05, 0.1) is 22.9 Å². The predicted molar refractivity (Wildman–Crippen MR) is 137 cm³/mol. The molecule has 2 aromatic heterocycles. The summed E-state index contributed by atoms with van der Waals surface area (Å²) in [6.07, 6.45) is 8.41. The van der Waals surface area contributed by atoms with Crippen LogP contribution in [0.5, 0.6) is 0 Å². The van der Waals surface area contributed by atoms with Gasteiger partial charge in [-0.3, -0.25) is 20.1 Å². The Morgan fingerprint density at radius 1 is 1.17 bits per heavy atom. The first-order valence-electron chi connectivity index (χ1n) is 10.9. The monoisotopic (exact) mass is 526 g/mol. The number of hydrogen-bond donors (Lipinski definition) is 1. The van der Waals surface area contributed by atoms with Gasteiger partial charge >= 0.3 is 5.97 Å². The van der Waals surface area contributed by atoms with Crippen molar-refractivity contribution in [3.05, 3.63) is 86.3 Å². The first kappa shape index (κ1) is 25.2. The summed E-state index contributed by atoms with van der Waals surface area (Å²) in [6.45, 7) is 2.29. The highest BCUT2D eigenvalue weighted by molar-refractivity contribution is 6.35. The minimum atomic E-state index is -0.781. The Balaban J connectivity index is 1.57. The van der Waals surface area contributed by atoms with Gasteiger partial charge in [-0.15, -0.1) is 0 Å². The second-order valence-electron chi connectivity index (χ2n) is 7.73. The van der Waals surface area contributed by atoms with Crippen LogP contribution >= 0.6 is 23.2 Å². The maximum atomic E-state index is 12.5. The summed E-state index contributed by atoms with van der Waals surface area (Å²) in [5.74, 6) is -0.296. The van der Waals surface area contributed by atoms with Crippen molar-refractivity contribution < 1.29 is 14.5 Å². The van der Waals surface area contributed by atoms with Crippen LogP contribution in [0, 0.1) is 10.1 Å². The molecule has 0 radical (unpaired) electrons. The first-order chi connectivity index (χ1) is 17.3. The molecule has 1 unspecified atom stereocenters. The van der Waals surface area contributed by atoms with Crippen molar-refractivity contribution in [2.45, 2.75) is 18.9 Å². The van der Waals surface area contributed by atoms with Gasteiger partial charge in [-0.2, -0.15) is 0 Å². The number of anilines is 1. The number of aromatic nitrogens is 3. The number of benzene rings is 1. The maximum absolute atomic E-state index is 12.5. The molecule has 0 aliphatic carbocycles. The van der Waals surface area contributed by atoms with Crippen molar-refractivity contribution in [3.63, 3.8) is 0 Å². The quantitative estimate of drug-likeness (QED) is 0.226. The third-order valence-electron chi connectivity index (χ3n) is 5.37. The van der Waals surface area contributed by atoms with Crippen molar-refractivity contribution in [3.8, 4) is 11.3 Å². The highest BCUT2D eigenvalue weighted by Crippen LogP contribution is 2.33. The lowest BCUT2D eigenvalue weighted by molar-refractivity contribution is -0.385. The molecule has 0 saturated heterocycles. The molecule has 4 rings (SSSR count). The number of halogens is 2. The molecule has 0 spiro atoms. The van der Waals surface area contributed by atoms with Gasteiger partial charge in [0, 0.05) is 40.6 Å². The van der Waals surface area contributed by atoms with Gasteiger partial charge in [0.25, 0.3) is 5.69 Å². The van der Waals surface area contributed by atoms with Gasteiger partial charge in [-0.25, -0.2) is 14.8 Å². The molecule has 1 aromatic carbocycles. The Morgan fingerprint density at radius 3 is 2.56 bits per heavy atom. The standard InChI is InChI=1S/C24H20Cl2N6O4/c1-2-36-22(33)19-14-29-23(31-21(19)15-10-16(25)12-17(26)11-15)27-9-7-24(6-3-8-30-24)20-5-4-18(13-28-20)32(34)35/h3-6,8,10-14H,2,7,9H2,1H3,(H,27,29,31). The van der Waals surface area contributed by atoms with Crippen molar-refractivity contribution in [2.75, 3.05) is 18.5 Å². The van der Waals surface area contributed by atoms with Gasteiger partial charge in [-0.1, -0.05) is 23.2 Å². The summed E-state index contributed by atoms with van der Waals surface area (Å²) < 4.78 is 5.15. The summed E-state index contributed by atoms with van der Waals surface area (Å²) in [7, 11) is 0. The third kappa shape index (κ3) is 5.50. The van der Waals surface area contributed by atoms with Gasteiger partial charge < -0.3 is 10.1 Å². The van der Waals surface area contributed by atoms with E-state index in [0.29, 0.717) is 40.0 Å². The van der Waals surface area contributed by atoms with Gasteiger partial charge in [-0.05, 0) is 49.8 Å². The molecular formula is C24H20Cl2N6O4. The molecule has 1 atom stereocenters. The Bertz CT molecular complexity index is 1330. The van der Waals surface area contributed by atoms with Crippen molar-refractivity contribution in [1.29, 1.82) is 0 Å². The Labute approximate surface area is 216 Å². The van der Waals surface area contributed by atoms with Crippen molar-refractivity contribution in [2.24, 2.45) is 4.99 Å². The van der Waals surface area contributed by atoms with E-state index in [1.165, 1.54) is 18.5 Å². The maximum Gasteiger partial charge on any atom is 0.341 e. The van der Waals surface area contributed by atoms with Crippen LogP contribution in [0.4, 0.5) is 11.6 Å². The zero-order valence-corrected chi connectivity index (χ0v) is 20.5. The molecule has 1 aliphatic rings. The van der Waals surface area contributed by atoms with E-state index >= 15 is 0 Å². The van der Waals surface area contributed by atoms with E-state index in [4.69, 9.17) is 27.9 Å². The molecular weight excluding hydrogens is 507 g/mol. The summed E-state index contributed by atoms with van der Waals surface area (Å²) in [4.78, 5) is 40.6. The number of nitrogens with one attached hydrogen (secondary N) is 1. The zero-order chi connectivity index (χ0) is 25.7. The molecule has 3 aromatic rings. The average Bonchev–Trinajstić information content (AvgIpc) is 3.33. The highest BCUT2D eigenvalue weighted by Gasteiger charge is 2.32. The van der Waals surface area contributed by atoms with E-state index in [-0.39, 0.29) is 23.8 Å². The Morgan fingerprint density at radius 2 is 1.94 bits per heavy atom. The number of aliphatic imine (C=N–C) groups is 1. The number of esters is 1. The Hall–Kier alpha value is -3.89. The van der Waals surface area contributed by atoms with E-state index < -0.39 is 16.4 Å². The van der Waals surface area contributed by atoms with E-state index in [1.54, 1.807) is 43.5 Å². The van der Waals surface area contributed by atoms with Gasteiger partial charge in [0.2, 0.25) is 5.95 Å². The van der Waals surface area contributed by atoms with Crippen LogP contribution in [0.3, 0.4) is 0 Å². The van der Waals surface area contributed by atoms with Gasteiger partial charge in [0.15, 0.2) is 0 Å². The van der Waals surface area contributed by atoms with Crippen LogP contribution in [0.15, 0.2) is 59.9 Å². The minimum Gasteiger partial charge on any atom is -0.462 e. The lowest BCUT2D eigenvalue weighted by Gasteiger charge is -2.23. The molecule has 0 bridgehead atoms. The minimum absolute atomic E-state index is 0.0956. The number of hydrogen-bond acceptors (Lipinski definition) is 9. The summed E-state index contributed by atoms with van der Waals surface area (Å²) in [6, 6.07) is 7.87.